The van der Waals surface area contributed by atoms with E-state index in [1.165, 1.54) is 10.9 Å². The van der Waals surface area contributed by atoms with E-state index in [-0.39, 0.29) is 18.1 Å². The van der Waals surface area contributed by atoms with E-state index in [2.05, 4.69) is 26.0 Å². The molecule has 29 heavy (non-hydrogen) atoms. The van der Waals surface area contributed by atoms with E-state index in [0.29, 0.717) is 33.1 Å². The third kappa shape index (κ3) is 4.66. The normalized spacial score (nSPS) is 12.2. The first kappa shape index (κ1) is 21.0. The number of nitrogens with zero attached hydrogens (tertiary/aromatic N) is 4. The predicted molar refractivity (Wildman–Crippen MR) is 118 cm³/mol. The standard InChI is InChI=1S/C21H18BrClN4O2/c1-3-13(2)20-26-18-6-4-15(22)11-17(18)21(28)27(20)25-12-14-10-16(23)5-7-19(14)29-9-8-24/h4-7,10-13H,3,9H2,1-2H3/t13-/m0/s1. The van der Waals surface area contributed by atoms with Crippen LogP contribution in [0.1, 0.15) is 37.6 Å². The SMILES string of the molecule is CC[C@H](C)c1nc2ccc(Br)cc2c(=O)n1N=Cc1cc(Cl)ccc1OCC#N. The van der Waals surface area contributed by atoms with Crippen molar-refractivity contribution in [3.63, 3.8) is 0 Å². The highest BCUT2D eigenvalue weighted by Crippen LogP contribution is 2.23. The Hall–Kier alpha value is -2.69. The van der Waals surface area contributed by atoms with Gasteiger partial charge in [0.05, 0.1) is 17.1 Å². The molecule has 3 aromatic rings. The number of ether oxygens (including phenoxy) is 1. The molecule has 0 bridgehead atoms. The smallest absolute Gasteiger partial charge is 0.282 e. The van der Waals surface area contributed by atoms with Crippen LogP contribution in [0.4, 0.5) is 0 Å². The molecular weight excluding hydrogens is 456 g/mol. The van der Waals surface area contributed by atoms with Gasteiger partial charge in [-0.15, -0.1) is 0 Å². The van der Waals surface area contributed by atoms with E-state index in [1.54, 1.807) is 24.3 Å². The summed E-state index contributed by atoms with van der Waals surface area (Å²) in [5.41, 5.74) is 0.925. The number of benzene rings is 2. The Morgan fingerprint density at radius 2 is 2.17 bits per heavy atom. The van der Waals surface area contributed by atoms with Crippen LogP contribution in [0.15, 0.2) is 50.8 Å². The van der Waals surface area contributed by atoms with Crippen LogP contribution in [0, 0.1) is 11.3 Å². The summed E-state index contributed by atoms with van der Waals surface area (Å²) in [5.74, 6) is 1.06. The molecule has 0 amide bonds. The highest BCUT2D eigenvalue weighted by molar-refractivity contribution is 9.10. The van der Waals surface area contributed by atoms with Crippen molar-refractivity contribution in [2.24, 2.45) is 5.10 Å². The molecule has 1 heterocycles. The van der Waals surface area contributed by atoms with Crippen molar-refractivity contribution in [1.82, 2.24) is 9.66 Å². The molecule has 0 N–H and O–H groups in total. The Morgan fingerprint density at radius 3 is 2.90 bits per heavy atom. The van der Waals surface area contributed by atoms with Gasteiger partial charge in [0.25, 0.3) is 5.56 Å². The molecule has 0 aliphatic heterocycles. The number of aromatic nitrogens is 2. The average Bonchev–Trinajstić information content (AvgIpc) is 2.72. The van der Waals surface area contributed by atoms with Gasteiger partial charge in [-0.1, -0.05) is 41.4 Å². The van der Waals surface area contributed by atoms with Gasteiger partial charge in [0.15, 0.2) is 6.61 Å². The summed E-state index contributed by atoms with van der Waals surface area (Å²) in [7, 11) is 0. The lowest BCUT2D eigenvalue weighted by Gasteiger charge is -2.14. The second-order valence-electron chi connectivity index (χ2n) is 6.43. The minimum absolute atomic E-state index is 0.0292. The Labute approximate surface area is 181 Å². The molecule has 148 valence electrons. The molecule has 1 atom stereocenters. The van der Waals surface area contributed by atoms with Crippen molar-refractivity contribution in [2.45, 2.75) is 26.2 Å². The molecule has 0 saturated heterocycles. The fourth-order valence-electron chi connectivity index (χ4n) is 2.76. The molecular formula is C21H18BrClN4O2. The van der Waals surface area contributed by atoms with Gasteiger partial charge in [-0.2, -0.15) is 15.0 Å². The second-order valence-corrected chi connectivity index (χ2v) is 7.78. The van der Waals surface area contributed by atoms with Crippen LogP contribution in [-0.2, 0) is 0 Å². The molecule has 2 aromatic carbocycles. The first-order chi connectivity index (χ1) is 13.9. The summed E-state index contributed by atoms with van der Waals surface area (Å²) < 4.78 is 7.53. The molecule has 0 radical (unpaired) electrons. The highest BCUT2D eigenvalue weighted by Gasteiger charge is 2.16. The second kappa shape index (κ2) is 9.21. The van der Waals surface area contributed by atoms with Crippen molar-refractivity contribution < 1.29 is 4.74 Å². The molecule has 0 saturated carbocycles. The summed E-state index contributed by atoms with van der Waals surface area (Å²) in [6.45, 7) is 3.92. The summed E-state index contributed by atoms with van der Waals surface area (Å²) in [6.07, 6.45) is 2.30. The van der Waals surface area contributed by atoms with E-state index < -0.39 is 0 Å². The highest BCUT2D eigenvalue weighted by atomic mass is 79.9. The monoisotopic (exact) mass is 472 g/mol. The number of halogens is 2. The molecule has 0 aliphatic carbocycles. The predicted octanol–water partition coefficient (Wildman–Crippen LogP) is 5.11. The molecule has 3 rings (SSSR count). The summed E-state index contributed by atoms with van der Waals surface area (Å²) in [6, 6.07) is 12.3. The van der Waals surface area contributed by atoms with Gasteiger partial charge in [-0.05, 0) is 42.8 Å². The van der Waals surface area contributed by atoms with E-state index in [9.17, 15) is 4.79 Å². The van der Waals surface area contributed by atoms with Crippen LogP contribution in [-0.4, -0.2) is 22.5 Å². The van der Waals surface area contributed by atoms with Crippen LogP contribution in [0.2, 0.25) is 5.02 Å². The summed E-state index contributed by atoms with van der Waals surface area (Å²) in [5, 5.41) is 14.1. The van der Waals surface area contributed by atoms with Crippen molar-refractivity contribution >= 4 is 44.6 Å². The van der Waals surface area contributed by atoms with Crippen LogP contribution in [0.5, 0.6) is 5.75 Å². The van der Waals surface area contributed by atoms with Crippen molar-refractivity contribution in [3.05, 3.63) is 67.6 Å². The zero-order valence-electron chi connectivity index (χ0n) is 15.9. The lowest BCUT2D eigenvalue weighted by molar-refractivity contribution is 0.367. The third-order valence-electron chi connectivity index (χ3n) is 4.46. The third-order valence-corrected chi connectivity index (χ3v) is 5.19. The van der Waals surface area contributed by atoms with Gasteiger partial charge in [0, 0.05) is 21.0 Å². The number of nitriles is 1. The zero-order chi connectivity index (χ0) is 21.0. The first-order valence-electron chi connectivity index (χ1n) is 9.00. The Morgan fingerprint density at radius 1 is 1.38 bits per heavy atom. The maximum Gasteiger partial charge on any atom is 0.282 e. The number of fused-ring (bicyclic) bond motifs is 1. The van der Waals surface area contributed by atoms with Gasteiger partial charge in [0.1, 0.15) is 17.6 Å². The van der Waals surface area contributed by atoms with Crippen molar-refractivity contribution in [1.29, 1.82) is 5.26 Å². The van der Waals surface area contributed by atoms with E-state index in [4.69, 9.17) is 21.6 Å². The lowest BCUT2D eigenvalue weighted by Crippen LogP contribution is -2.23. The van der Waals surface area contributed by atoms with Gasteiger partial charge < -0.3 is 4.74 Å². The summed E-state index contributed by atoms with van der Waals surface area (Å²) in [4.78, 5) is 17.8. The number of hydrogen-bond donors (Lipinski definition) is 0. The number of rotatable bonds is 6. The van der Waals surface area contributed by atoms with Crippen molar-refractivity contribution in [2.75, 3.05) is 6.61 Å². The van der Waals surface area contributed by atoms with Crippen LogP contribution in [0.25, 0.3) is 10.9 Å². The summed E-state index contributed by atoms with van der Waals surface area (Å²) >= 11 is 9.49. The average molecular weight is 474 g/mol. The van der Waals surface area contributed by atoms with Gasteiger partial charge >= 0.3 is 0 Å². The Kier molecular flexibility index (Phi) is 6.68. The number of hydrogen-bond acceptors (Lipinski definition) is 5. The van der Waals surface area contributed by atoms with Gasteiger partial charge in [0.2, 0.25) is 0 Å². The Balaban J connectivity index is 2.17. The minimum atomic E-state index is -0.260. The van der Waals surface area contributed by atoms with Crippen LogP contribution >= 0.6 is 27.5 Å². The molecule has 0 fully saturated rings. The minimum Gasteiger partial charge on any atom is -0.478 e. The first-order valence-corrected chi connectivity index (χ1v) is 10.2. The molecule has 6 nitrogen and oxygen atoms in total. The van der Waals surface area contributed by atoms with E-state index in [1.807, 2.05) is 32.0 Å². The molecule has 1 aromatic heterocycles. The molecule has 0 spiro atoms. The van der Waals surface area contributed by atoms with Gasteiger partial charge in [-0.3, -0.25) is 4.79 Å². The largest absolute Gasteiger partial charge is 0.478 e. The fourth-order valence-corrected chi connectivity index (χ4v) is 3.30. The van der Waals surface area contributed by atoms with Crippen LogP contribution in [0.3, 0.4) is 0 Å². The maximum atomic E-state index is 13.2. The topological polar surface area (TPSA) is 80.3 Å². The molecule has 0 unspecified atom stereocenters. The van der Waals surface area contributed by atoms with Crippen LogP contribution < -0.4 is 10.3 Å². The van der Waals surface area contributed by atoms with Gasteiger partial charge in [-0.25, -0.2) is 4.98 Å². The zero-order valence-corrected chi connectivity index (χ0v) is 18.2. The van der Waals surface area contributed by atoms with E-state index in [0.717, 1.165) is 10.9 Å². The van der Waals surface area contributed by atoms with E-state index >= 15 is 0 Å². The maximum absolute atomic E-state index is 13.2. The Bertz CT molecular complexity index is 1180. The molecule has 8 heteroatoms. The fraction of sp³-hybridized carbons (Fsp3) is 0.238. The molecule has 0 aliphatic rings. The van der Waals surface area contributed by atoms with Crippen molar-refractivity contribution in [3.8, 4) is 11.8 Å². The lowest BCUT2D eigenvalue weighted by atomic mass is 10.1. The quantitative estimate of drug-likeness (QED) is 0.466.